The van der Waals surface area contributed by atoms with Gasteiger partial charge < -0.3 is 5.11 Å². The molecule has 2 nitrogen and oxygen atoms in total. The van der Waals surface area contributed by atoms with Gasteiger partial charge in [0.2, 0.25) is 0 Å². The van der Waals surface area contributed by atoms with E-state index in [0.29, 0.717) is 0 Å². The molecule has 0 saturated carbocycles. The van der Waals surface area contributed by atoms with Gasteiger partial charge in [-0.3, -0.25) is 4.79 Å². The van der Waals surface area contributed by atoms with Gasteiger partial charge in [-0.2, -0.15) is 13.2 Å². The monoisotopic (exact) mass is 264 g/mol. The van der Waals surface area contributed by atoms with Crippen molar-refractivity contribution in [1.82, 2.24) is 0 Å². The minimum Gasteiger partial charge on any atom is -0.481 e. The molecule has 0 bridgehead atoms. The minimum absolute atomic E-state index is 0.0256. The minimum atomic E-state index is -4.33. The number of carboxylic acid groups (broad SMARTS) is 1. The molecule has 6 heteroatoms. The van der Waals surface area contributed by atoms with E-state index in [1.165, 1.54) is 23.9 Å². The summed E-state index contributed by atoms with van der Waals surface area (Å²) in [7, 11) is 0. The van der Waals surface area contributed by atoms with Crippen LogP contribution in [0.25, 0.3) is 0 Å². The highest BCUT2D eigenvalue weighted by atomic mass is 32.2. The van der Waals surface area contributed by atoms with Crippen LogP contribution in [0.2, 0.25) is 0 Å². The molecule has 0 fully saturated rings. The molecule has 0 aliphatic heterocycles. The summed E-state index contributed by atoms with van der Waals surface area (Å²) in [6, 6.07) is 4.41. The van der Waals surface area contributed by atoms with Crippen molar-refractivity contribution in [3.05, 3.63) is 29.3 Å². The molecule has 0 atom stereocenters. The molecule has 0 amide bonds. The van der Waals surface area contributed by atoms with Gasteiger partial charge in [0.1, 0.15) is 0 Å². The van der Waals surface area contributed by atoms with Gasteiger partial charge >= 0.3 is 12.1 Å². The lowest BCUT2D eigenvalue weighted by Crippen LogP contribution is -2.14. The van der Waals surface area contributed by atoms with Crippen LogP contribution in [0.15, 0.2) is 23.1 Å². The Morgan fingerprint density at radius 2 is 2.00 bits per heavy atom. The van der Waals surface area contributed by atoms with E-state index in [0.717, 1.165) is 4.90 Å². The largest absolute Gasteiger partial charge is 0.481 e. The van der Waals surface area contributed by atoms with Crippen LogP contribution in [0, 0.1) is 0 Å². The average Bonchev–Trinajstić information content (AvgIpc) is 2.17. The molecule has 0 radical (unpaired) electrons. The first kappa shape index (κ1) is 13.9. The first-order valence-electron chi connectivity index (χ1n) is 4.76. The number of thioether (sulfide) groups is 1. The van der Waals surface area contributed by atoms with Crippen LogP contribution < -0.4 is 0 Å². The van der Waals surface area contributed by atoms with Gasteiger partial charge in [0.25, 0.3) is 0 Å². The molecule has 0 aliphatic carbocycles. The van der Waals surface area contributed by atoms with E-state index >= 15 is 0 Å². The van der Waals surface area contributed by atoms with E-state index < -0.39 is 18.6 Å². The van der Waals surface area contributed by atoms with Gasteiger partial charge in [0.05, 0.1) is 12.8 Å². The number of hydrogen-bond donors (Lipinski definition) is 1. The molecule has 1 aromatic carbocycles. The molecular weight excluding hydrogens is 253 g/mol. The Morgan fingerprint density at radius 3 is 2.47 bits per heavy atom. The molecule has 1 N–H and O–H groups in total. The standard InChI is InChI=1S/C11H11F3O2S/c1-17-9-3-2-7(6-11(12,13)14)8(4-9)5-10(15)16/h2-4H,5-6H2,1H3,(H,15,16). The molecule has 17 heavy (non-hydrogen) atoms. The molecule has 0 aromatic heterocycles. The topological polar surface area (TPSA) is 37.3 Å². The Morgan fingerprint density at radius 1 is 1.35 bits per heavy atom. The van der Waals surface area contributed by atoms with Crippen molar-refractivity contribution in [2.75, 3.05) is 6.26 Å². The van der Waals surface area contributed by atoms with Crippen molar-refractivity contribution in [3.63, 3.8) is 0 Å². The van der Waals surface area contributed by atoms with Gasteiger partial charge in [-0.25, -0.2) is 0 Å². The molecule has 0 heterocycles. The van der Waals surface area contributed by atoms with Crippen molar-refractivity contribution in [2.24, 2.45) is 0 Å². The van der Waals surface area contributed by atoms with Crippen LogP contribution in [0.4, 0.5) is 13.2 Å². The van der Waals surface area contributed by atoms with E-state index in [1.807, 2.05) is 0 Å². The predicted molar refractivity (Wildman–Crippen MR) is 59.3 cm³/mol. The van der Waals surface area contributed by atoms with Crippen molar-refractivity contribution in [2.45, 2.75) is 23.9 Å². The zero-order valence-corrected chi connectivity index (χ0v) is 9.86. The molecular formula is C11H11F3O2S. The highest BCUT2D eigenvalue weighted by Crippen LogP contribution is 2.26. The number of carboxylic acids is 1. The first-order valence-corrected chi connectivity index (χ1v) is 5.98. The summed E-state index contributed by atoms with van der Waals surface area (Å²) in [5.74, 6) is -1.13. The Balaban J connectivity index is 3.06. The number of aliphatic carboxylic acids is 1. The molecule has 0 saturated heterocycles. The van der Waals surface area contributed by atoms with Crippen LogP contribution in [-0.4, -0.2) is 23.5 Å². The van der Waals surface area contributed by atoms with Crippen LogP contribution in [0.5, 0.6) is 0 Å². The molecule has 0 aliphatic rings. The lowest BCUT2D eigenvalue weighted by molar-refractivity contribution is -0.136. The van der Waals surface area contributed by atoms with Crippen molar-refractivity contribution < 1.29 is 23.1 Å². The van der Waals surface area contributed by atoms with Crippen LogP contribution in [0.3, 0.4) is 0 Å². The van der Waals surface area contributed by atoms with Gasteiger partial charge in [0.15, 0.2) is 0 Å². The molecule has 1 rings (SSSR count). The predicted octanol–water partition coefficient (Wildman–Crippen LogP) is 3.14. The van der Waals surface area contributed by atoms with Gasteiger partial charge in [-0.1, -0.05) is 6.07 Å². The van der Waals surface area contributed by atoms with E-state index in [-0.39, 0.29) is 17.5 Å². The molecule has 0 unspecified atom stereocenters. The SMILES string of the molecule is CSc1ccc(CC(F)(F)F)c(CC(=O)O)c1. The molecule has 1 aromatic rings. The van der Waals surface area contributed by atoms with Crippen LogP contribution >= 0.6 is 11.8 Å². The number of rotatable bonds is 4. The Bertz CT molecular complexity index is 416. The Hall–Kier alpha value is -1.17. The summed E-state index contributed by atoms with van der Waals surface area (Å²) in [4.78, 5) is 11.4. The second kappa shape index (κ2) is 5.44. The maximum Gasteiger partial charge on any atom is 0.393 e. The third-order valence-corrected chi connectivity index (χ3v) is 2.87. The van der Waals surface area contributed by atoms with Crippen molar-refractivity contribution in [3.8, 4) is 0 Å². The highest BCUT2D eigenvalue weighted by Gasteiger charge is 2.29. The fourth-order valence-corrected chi connectivity index (χ4v) is 1.91. The van der Waals surface area contributed by atoms with E-state index in [4.69, 9.17) is 5.11 Å². The summed E-state index contributed by atoms with van der Waals surface area (Å²) in [5.41, 5.74) is 0.249. The molecule has 94 valence electrons. The summed E-state index contributed by atoms with van der Waals surface area (Å²) >= 11 is 1.36. The lowest BCUT2D eigenvalue weighted by atomic mass is 10.0. The van der Waals surface area contributed by atoms with Crippen molar-refractivity contribution in [1.29, 1.82) is 0 Å². The van der Waals surface area contributed by atoms with Gasteiger partial charge in [0, 0.05) is 4.90 Å². The summed E-state index contributed by atoms with van der Waals surface area (Å²) in [6.07, 6.45) is -4.03. The number of alkyl halides is 3. The lowest BCUT2D eigenvalue weighted by Gasteiger charge is -2.11. The molecule has 0 spiro atoms. The zero-order chi connectivity index (χ0) is 13.1. The smallest absolute Gasteiger partial charge is 0.393 e. The first-order chi connectivity index (χ1) is 7.81. The number of hydrogen-bond acceptors (Lipinski definition) is 2. The highest BCUT2D eigenvalue weighted by molar-refractivity contribution is 7.98. The Kier molecular flexibility index (Phi) is 4.45. The van der Waals surface area contributed by atoms with Crippen LogP contribution in [-0.2, 0) is 17.6 Å². The number of halogens is 3. The number of carbonyl (C=O) groups is 1. The summed E-state index contributed by atoms with van der Waals surface area (Å²) in [5, 5.41) is 8.67. The second-order valence-electron chi connectivity index (χ2n) is 3.50. The van der Waals surface area contributed by atoms with Crippen LogP contribution in [0.1, 0.15) is 11.1 Å². The van der Waals surface area contributed by atoms with E-state index in [1.54, 1.807) is 12.3 Å². The van der Waals surface area contributed by atoms with Gasteiger partial charge in [-0.15, -0.1) is 11.8 Å². The average molecular weight is 264 g/mol. The fourth-order valence-electron chi connectivity index (χ4n) is 1.45. The number of benzene rings is 1. The maximum atomic E-state index is 12.3. The van der Waals surface area contributed by atoms with Gasteiger partial charge in [-0.05, 0) is 29.5 Å². The summed E-state index contributed by atoms with van der Waals surface area (Å²) < 4.78 is 36.9. The van der Waals surface area contributed by atoms with E-state index in [9.17, 15) is 18.0 Å². The quantitative estimate of drug-likeness (QED) is 0.849. The summed E-state index contributed by atoms with van der Waals surface area (Å²) in [6.45, 7) is 0. The second-order valence-corrected chi connectivity index (χ2v) is 4.38. The zero-order valence-electron chi connectivity index (χ0n) is 9.04. The fraction of sp³-hybridized carbons (Fsp3) is 0.364. The third kappa shape index (κ3) is 4.68. The third-order valence-electron chi connectivity index (χ3n) is 2.15. The Labute approximate surface area is 101 Å². The van der Waals surface area contributed by atoms with Crippen molar-refractivity contribution >= 4 is 17.7 Å². The normalized spacial score (nSPS) is 11.5. The maximum absolute atomic E-state index is 12.3. The van der Waals surface area contributed by atoms with E-state index in [2.05, 4.69) is 0 Å².